The molecule has 3 aromatic rings. The standard InChI is InChI=1S/C20H18O4S/c1-2-7-18(21)24-13-6-12-23-16-10-5-9-15-19(22)14-8-3-4-11-17(14)25-20(15)16/h2-5,7-11H,6,12-13H2,1H3. The van der Waals surface area contributed by atoms with Gasteiger partial charge in [-0.05, 0) is 31.2 Å². The van der Waals surface area contributed by atoms with Crippen LogP contribution in [0.15, 0.2) is 59.4 Å². The average Bonchev–Trinajstić information content (AvgIpc) is 2.62. The first-order valence-electron chi connectivity index (χ1n) is 8.07. The van der Waals surface area contributed by atoms with Crippen LogP contribution in [0.3, 0.4) is 0 Å². The molecule has 0 N–H and O–H groups in total. The molecule has 25 heavy (non-hydrogen) atoms. The van der Waals surface area contributed by atoms with E-state index in [-0.39, 0.29) is 11.4 Å². The van der Waals surface area contributed by atoms with E-state index in [1.807, 2.05) is 42.5 Å². The summed E-state index contributed by atoms with van der Waals surface area (Å²) < 4.78 is 12.6. The van der Waals surface area contributed by atoms with Gasteiger partial charge in [-0.2, -0.15) is 0 Å². The van der Waals surface area contributed by atoms with Crippen LogP contribution in [0.4, 0.5) is 0 Å². The topological polar surface area (TPSA) is 52.6 Å². The highest BCUT2D eigenvalue weighted by Crippen LogP contribution is 2.31. The van der Waals surface area contributed by atoms with Gasteiger partial charge < -0.3 is 9.47 Å². The quantitative estimate of drug-likeness (QED) is 0.287. The van der Waals surface area contributed by atoms with Gasteiger partial charge >= 0.3 is 5.97 Å². The lowest BCUT2D eigenvalue weighted by Gasteiger charge is -2.09. The van der Waals surface area contributed by atoms with Crippen LogP contribution in [-0.2, 0) is 9.53 Å². The number of fused-ring (bicyclic) bond motifs is 2. The Kier molecular flexibility index (Phi) is 5.46. The van der Waals surface area contributed by atoms with E-state index < -0.39 is 0 Å². The molecule has 3 rings (SSSR count). The van der Waals surface area contributed by atoms with Gasteiger partial charge in [-0.15, -0.1) is 11.3 Å². The lowest BCUT2D eigenvalue weighted by molar-refractivity contribution is -0.137. The van der Waals surface area contributed by atoms with Gasteiger partial charge in [0.2, 0.25) is 0 Å². The van der Waals surface area contributed by atoms with Crippen LogP contribution in [0, 0.1) is 0 Å². The van der Waals surface area contributed by atoms with Crippen molar-refractivity contribution < 1.29 is 14.3 Å². The Morgan fingerprint density at radius 1 is 1.08 bits per heavy atom. The van der Waals surface area contributed by atoms with Crippen molar-refractivity contribution in [3.8, 4) is 5.75 Å². The van der Waals surface area contributed by atoms with E-state index in [9.17, 15) is 9.59 Å². The number of allylic oxidation sites excluding steroid dienone is 1. The van der Waals surface area contributed by atoms with Crippen molar-refractivity contribution in [1.29, 1.82) is 0 Å². The lowest BCUT2D eigenvalue weighted by atomic mass is 10.2. The molecule has 0 unspecified atom stereocenters. The SMILES string of the molecule is CC=CC(=O)OCCCOc1cccc2c(=O)c3ccccc3sc12. The van der Waals surface area contributed by atoms with E-state index in [2.05, 4.69) is 0 Å². The second-order valence-electron chi connectivity index (χ2n) is 5.43. The minimum absolute atomic E-state index is 0.0232. The number of ether oxygens (including phenoxy) is 2. The molecule has 0 bridgehead atoms. The van der Waals surface area contributed by atoms with Crippen LogP contribution in [0.2, 0.25) is 0 Å². The first kappa shape index (κ1) is 17.2. The summed E-state index contributed by atoms with van der Waals surface area (Å²) in [5.41, 5.74) is 0.0232. The fourth-order valence-corrected chi connectivity index (χ4v) is 3.65. The zero-order valence-electron chi connectivity index (χ0n) is 13.9. The Morgan fingerprint density at radius 3 is 2.72 bits per heavy atom. The fraction of sp³-hybridized carbons (Fsp3) is 0.200. The highest BCUT2D eigenvalue weighted by molar-refractivity contribution is 7.24. The lowest BCUT2D eigenvalue weighted by Crippen LogP contribution is -2.07. The van der Waals surface area contributed by atoms with Gasteiger partial charge in [-0.1, -0.05) is 24.3 Å². The number of hydrogen-bond acceptors (Lipinski definition) is 5. The average molecular weight is 354 g/mol. The Morgan fingerprint density at radius 2 is 1.88 bits per heavy atom. The van der Waals surface area contributed by atoms with Crippen molar-refractivity contribution in [2.45, 2.75) is 13.3 Å². The molecular weight excluding hydrogens is 336 g/mol. The van der Waals surface area contributed by atoms with Crippen LogP contribution < -0.4 is 10.2 Å². The molecule has 0 saturated carbocycles. The van der Waals surface area contributed by atoms with Crippen LogP contribution in [-0.4, -0.2) is 19.2 Å². The molecule has 0 aliphatic carbocycles. The van der Waals surface area contributed by atoms with Crippen molar-refractivity contribution in [3.05, 3.63) is 64.8 Å². The molecule has 0 fully saturated rings. The van der Waals surface area contributed by atoms with Gasteiger partial charge in [0.25, 0.3) is 0 Å². The van der Waals surface area contributed by atoms with Gasteiger partial charge in [0, 0.05) is 28.0 Å². The Bertz CT molecular complexity index is 988. The summed E-state index contributed by atoms with van der Waals surface area (Å²) in [7, 11) is 0. The second kappa shape index (κ2) is 7.94. The monoisotopic (exact) mass is 354 g/mol. The normalized spacial score (nSPS) is 11.2. The predicted molar refractivity (Wildman–Crippen MR) is 101 cm³/mol. The van der Waals surface area contributed by atoms with Crippen molar-refractivity contribution in [2.24, 2.45) is 0 Å². The molecule has 0 aliphatic heterocycles. The molecule has 4 nitrogen and oxygen atoms in total. The van der Waals surface area contributed by atoms with Crippen LogP contribution >= 0.6 is 11.3 Å². The maximum atomic E-state index is 12.6. The molecular formula is C20H18O4S. The Balaban J connectivity index is 1.76. The Hall–Kier alpha value is -2.66. The number of benzene rings is 2. The molecule has 0 radical (unpaired) electrons. The van der Waals surface area contributed by atoms with Crippen LogP contribution in [0.5, 0.6) is 5.75 Å². The van der Waals surface area contributed by atoms with Crippen LogP contribution in [0.1, 0.15) is 13.3 Å². The fourth-order valence-electron chi connectivity index (χ4n) is 2.51. The van der Waals surface area contributed by atoms with E-state index in [1.165, 1.54) is 6.08 Å². The second-order valence-corrected chi connectivity index (χ2v) is 6.48. The van der Waals surface area contributed by atoms with E-state index in [1.54, 1.807) is 24.3 Å². The minimum Gasteiger partial charge on any atom is -0.492 e. The minimum atomic E-state index is -0.350. The van der Waals surface area contributed by atoms with Crippen molar-refractivity contribution in [2.75, 3.05) is 13.2 Å². The van der Waals surface area contributed by atoms with E-state index >= 15 is 0 Å². The Labute approximate surface area is 149 Å². The highest BCUT2D eigenvalue weighted by atomic mass is 32.1. The van der Waals surface area contributed by atoms with Crippen molar-refractivity contribution in [1.82, 2.24) is 0 Å². The first-order chi connectivity index (χ1) is 12.2. The zero-order valence-corrected chi connectivity index (χ0v) is 14.7. The molecule has 128 valence electrons. The summed E-state index contributed by atoms with van der Waals surface area (Å²) in [5, 5.41) is 1.40. The van der Waals surface area contributed by atoms with Gasteiger partial charge in [-0.25, -0.2) is 4.79 Å². The van der Waals surface area contributed by atoms with Crippen molar-refractivity contribution in [3.63, 3.8) is 0 Å². The summed E-state index contributed by atoms with van der Waals surface area (Å²) in [4.78, 5) is 23.9. The van der Waals surface area contributed by atoms with Gasteiger partial charge in [-0.3, -0.25) is 4.79 Å². The molecule has 5 heteroatoms. The third-order valence-electron chi connectivity index (χ3n) is 3.66. The molecule has 0 aliphatic rings. The van der Waals surface area contributed by atoms with Crippen LogP contribution in [0.25, 0.3) is 20.2 Å². The first-order valence-corrected chi connectivity index (χ1v) is 8.89. The number of carbonyl (C=O) groups excluding carboxylic acids is 1. The van der Waals surface area contributed by atoms with E-state index in [0.29, 0.717) is 30.8 Å². The smallest absolute Gasteiger partial charge is 0.330 e. The molecule has 1 aromatic heterocycles. The third-order valence-corrected chi connectivity index (χ3v) is 4.86. The molecule has 0 amide bonds. The number of rotatable bonds is 6. The molecule has 1 heterocycles. The third kappa shape index (κ3) is 3.88. The van der Waals surface area contributed by atoms with Gasteiger partial charge in [0.15, 0.2) is 5.43 Å². The van der Waals surface area contributed by atoms with E-state index in [0.717, 1.165) is 14.8 Å². The van der Waals surface area contributed by atoms with Gasteiger partial charge in [0.1, 0.15) is 5.75 Å². The number of carbonyl (C=O) groups is 1. The predicted octanol–water partition coefficient (Wildman–Crippen LogP) is 4.30. The zero-order chi connectivity index (χ0) is 17.6. The molecule has 0 saturated heterocycles. The summed E-state index contributed by atoms with van der Waals surface area (Å²) in [6.07, 6.45) is 3.61. The number of esters is 1. The summed E-state index contributed by atoms with van der Waals surface area (Å²) >= 11 is 1.55. The summed E-state index contributed by atoms with van der Waals surface area (Å²) in [6, 6.07) is 13.1. The molecule has 0 atom stereocenters. The highest BCUT2D eigenvalue weighted by Gasteiger charge is 2.09. The maximum absolute atomic E-state index is 12.6. The van der Waals surface area contributed by atoms with Crippen molar-refractivity contribution >= 4 is 37.5 Å². The largest absolute Gasteiger partial charge is 0.492 e. The molecule has 2 aromatic carbocycles. The molecule has 0 spiro atoms. The van der Waals surface area contributed by atoms with Gasteiger partial charge in [0.05, 0.1) is 17.9 Å². The maximum Gasteiger partial charge on any atom is 0.330 e. The number of hydrogen-bond donors (Lipinski definition) is 0. The summed E-state index contributed by atoms with van der Waals surface area (Å²) in [6.45, 7) is 2.48. The van der Waals surface area contributed by atoms with E-state index in [4.69, 9.17) is 9.47 Å². The summed E-state index contributed by atoms with van der Waals surface area (Å²) in [5.74, 6) is 0.336.